The van der Waals surface area contributed by atoms with Gasteiger partial charge < -0.3 is 9.47 Å². The quantitative estimate of drug-likeness (QED) is 0.514. The number of hydrogen-bond acceptors (Lipinski definition) is 2. The van der Waals surface area contributed by atoms with Crippen molar-refractivity contribution in [1.29, 1.82) is 0 Å². The SMILES string of the molecule is CC1CCC(OC2CC3CCCCC3CC2OC2CCC(C)C(C)C2)CC1C. The normalized spacial score (nSPS) is 50.1. The Kier molecular flexibility index (Phi) is 7.09. The summed E-state index contributed by atoms with van der Waals surface area (Å²) in [7, 11) is 0. The zero-order valence-electron chi connectivity index (χ0n) is 19.1. The number of fused-ring (bicyclic) bond motifs is 1. The third-order valence-corrected chi connectivity index (χ3v) is 9.39. The molecule has 2 nitrogen and oxygen atoms in total. The predicted octanol–water partition coefficient (Wildman–Crippen LogP) is 7.01. The van der Waals surface area contributed by atoms with Gasteiger partial charge in [0.1, 0.15) is 0 Å². The van der Waals surface area contributed by atoms with Gasteiger partial charge in [-0.2, -0.15) is 0 Å². The van der Waals surface area contributed by atoms with Gasteiger partial charge in [-0.05, 0) is 86.9 Å². The summed E-state index contributed by atoms with van der Waals surface area (Å²) in [6.07, 6.45) is 17.7. The number of ether oxygens (including phenoxy) is 2. The van der Waals surface area contributed by atoms with E-state index in [1.165, 1.54) is 77.0 Å². The molecule has 0 radical (unpaired) electrons. The first-order valence-electron chi connectivity index (χ1n) is 12.8. The number of hydrogen-bond donors (Lipinski definition) is 0. The molecule has 4 aliphatic rings. The largest absolute Gasteiger partial charge is 0.372 e. The van der Waals surface area contributed by atoms with E-state index in [0.717, 1.165) is 35.5 Å². The molecule has 0 spiro atoms. The van der Waals surface area contributed by atoms with Gasteiger partial charge in [0.15, 0.2) is 0 Å². The van der Waals surface area contributed by atoms with Crippen LogP contribution in [0, 0.1) is 35.5 Å². The van der Waals surface area contributed by atoms with Crippen molar-refractivity contribution in [3.63, 3.8) is 0 Å². The molecule has 10 atom stereocenters. The minimum atomic E-state index is 0.361. The van der Waals surface area contributed by atoms with E-state index < -0.39 is 0 Å². The average molecular weight is 391 g/mol. The molecular formula is C26H46O2. The molecule has 4 saturated carbocycles. The Morgan fingerprint density at radius 3 is 1.29 bits per heavy atom. The minimum Gasteiger partial charge on any atom is -0.372 e. The minimum absolute atomic E-state index is 0.361. The van der Waals surface area contributed by atoms with Crippen molar-refractivity contribution in [3.8, 4) is 0 Å². The maximum Gasteiger partial charge on any atom is 0.0843 e. The summed E-state index contributed by atoms with van der Waals surface area (Å²) in [6, 6.07) is 0. The van der Waals surface area contributed by atoms with Crippen LogP contribution in [0.5, 0.6) is 0 Å². The van der Waals surface area contributed by atoms with E-state index in [1.54, 1.807) is 0 Å². The van der Waals surface area contributed by atoms with Crippen LogP contribution in [0.4, 0.5) is 0 Å². The molecule has 0 bridgehead atoms. The molecule has 28 heavy (non-hydrogen) atoms. The summed E-state index contributed by atoms with van der Waals surface area (Å²) >= 11 is 0. The second kappa shape index (κ2) is 9.38. The van der Waals surface area contributed by atoms with Crippen molar-refractivity contribution in [3.05, 3.63) is 0 Å². The van der Waals surface area contributed by atoms with Crippen LogP contribution in [0.1, 0.15) is 105 Å². The van der Waals surface area contributed by atoms with Crippen LogP contribution in [0.15, 0.2) is 0 Å². The van der Waals surface area contributed by atoms with Crippen molar-refractivity contribution >= 4 is 0 Å². The lowest BCUT2D eigenvalue weighted by Crippen LogP contribution is -2.47. The monoisotopic (exact) mass is 390 g/mol. The van der Waals surface area contributed by atoms with Gasteiger partial charge in [-0.25, -0.2) is 0 Å². The van der Waals surface area contributed by atoms with Crippen LogP contribution in [-0.2, 0) is 9.47 Å². The topological polar surface area (TPSA) is 18.5 Å². The van der Waals surface area contributed by atoms with Gasteiger partial charge in [-0.1, -0.05) is 53.4 Å². The van der Waals surface area contributed by atoms with E-state index in [-0.39, 0.29) is 0 Å². The molecule has 2 heteroatoms. The Morgan fingerprint density at radius 1 is 0.464 bits per heavy atom. The first-order valence-corrected chi connectivity index (χ1v) is 12.8. The van der Waals surface area contributed by atoms with E-state index >= 15 is 0 Å². The molecule has 4 fully saturated rings. The fraction of sp³-hybridized carbons (Fsp3) is 1.00. The van der Waals surface area contributed by atoms with E-state index in [4.69, 9.17) is 9.47 Å². The van der Waals surface area contributed by atoms with Crippen LogP contribution in [0.25, 0.3) is 0 Å². The van der Waals surface area contributed by atoms with Crippen molar-refractivity contribution < 1.29 is 9.47 Å². The standard InChI is InChI=1S/C26H46O2/c1-17-9-11-23(13-19(17)3)27-25-15-21-7-5-6-8-22(21)16-26(25)28-24-12-10-18(2)20(4)14-24/h17-26H,5-16H2,1-4H3. The Balaban J connectivity index is 1.40. The number of rotatable bonds is 4. The summed E-state index contributed by atoms with van der Waals surface area (Å²) in [5.74, 6) is 5.17. The van der Waals surface area contributed by atoms with Gasteiger partial charge in [-0.3, -0.25) is 0 Å². The van der Waals surface area contributed by atoms with Crippen molar-refractivity contribution in [1.82, 2.24) is 0 Å². The van der Waals surface area contributed by atoms with Crippen LogP contribution >= 0.6 is 0 Å². The predicted molar refractivity (Wildman–Crippen MR) is 116 cm³/mol. The molecule has 0 aromatic rings. The lowest BCUT2D eigenvalue weighted by Gasteiger charge is -2.47. The molecule has 0 N–H and O–H groups in total. The average Bonchev–Trinajstić information content (AvgIpc) is 2.68. The van der Waals surface area contributed by atoms with Crippen molar-refractivity contribution in [2.75, 3.05) is 0 Å². The molecule has 0 amide bonds. The maximum absolute atomic E-state index is 6.88. The van der Waals surface area contributed by atoms with E-state index in [9.17, 15) is 0 Å². The highest BCUT2D eigenvalue weighted by molar-refractivity contribution is 4.92. The Labute approximate surface area is 174 Å². The highest BCUT2D eigenvalue weighted by Crippen LogP contribution is 2.45. The van der Waals surface area contributed by atoms with E-state index in [1.807, 2.05) is 0 Å². The summed E-state index contributed by atoms with van der Waals surface area (Å²) in [5.41, 5.74) is 0. The lowest BCUT2D eigenvalue weighted by molar-refractivity contribution is -0.175. The van der Waals surface area contributed by atoms with Crippen molar-refractivity contribution in [2.45, 2.75) is 129 Å². The lowest BCUT2D eigenvalue weighted by atomic mass is 9.68. The molecule has 0 saturated heterocycles. The van der Waals surface area contributed by atoms with Gasteiger partial charge in [0, 0.05) is 0 Å². The van der Waals surface area contributed by atoms with E-state index in [0.29, 0.717) is 24.4 Å². The Bertz CT molecular complexity index is 447. The molecule has 4 rings (SSSR count). The van der Waals surface area contributed by atoms with Crippen LogP contribution in [0.2, 0.25) is 0 Å². The van der Waals surface area contributed by atoms with Crippen LogP contribution in [-0.4, -0.2) is 24.4 Å². The smallest absolute Gasteiger partial charge is 0.0843 e. The van der Waals surface area contributed by atoms with Gasteiger partial charge in [-0.15, -0.1) is 0 Å². The van der Waals surface area contributed by atoms with Gasteiger partial charge in [0.2, 0.25) is 0 Å². The second-order valence-corrected chi connectivity index (χ2v) is 11.4. The van der Waals surface area contributed by atoms with Gasteiger partial charge in [0.25, 0.3) is 0 Å². The summed E-state index contributed by atoms with van der Waals surface area (Å²) in [6.45, 7) is 9.70. The third kappa shape index (κ3) is 4.97. The highest BCUT2D eigenvalue weighted by Gasteiger charge is 2.42. The first kappa shape index (κ1) is 21.2. The molecular weight excluding hydrogens is 344 g/mol. The molecule has 162 valence electrons. The van der Waals surface area contributed by atoms with Crippen LogP contribution < -0.4 is 0 Å². The Hall–Kier alpha value is -0.0800. The van der Waals surface area contributed by atoms with Crippen molar-refractivity contribution in [2.24, 2.45) is 35.5 Å². The summed E-state index contributed by atoms with van der Waals surface area (Å²) in [5, 5.41) is 0. The van der Waals surface area contributed by atoms with Gasteiger partial charge >= 0.3 is 0 Å². The fourth-order valence-electron chi connectivity index (χ4n) is 6.83. The molecule has 0 aliphatic heterocycles. The zero-order chi connectivity index (χ0) is 19.7. The van der Waals surface area contributed by atoms with E-state index in [2.05, 4.69) is 27.7 Å². The summed E-state index contributed by atoms with van der Waals surface area (Å²) in [4.78, 5) is 0. The maximum atomic E-state index is 6.88. The molecule has 0 aromatic heterocycles. The second-order valence-electron chi connectivity index (χ2n) is 11.4. The molecule has 4 aliphatic carbocycles. The zero-order valence-corrected chi connectivity index (χ0v) is 19.1. The summed E-state index contributed by atoms with van der Waals surface area (Å²) < 4.78 is 13.8. The first-order chi connectivity index (χ1) is 13.5. The highest BCUT2D eigenvalue weighted by atomic mass is 16.6. The molecule has 0 heterocycles. The van der Waals surface area contributed by atoms with Gasteiger partial charge in [0.05, 0.1) is 24.4 Å². The third-order valence-electron chi connectivity index (χ3n) is 9.39. The fourth-order valence-corrected chi connectivity index (χ4v) is 6.83. The van der Waals surface area contributed by atoms with Crippen LogP contribution in [0.3, 0.4) is 0 Å². The Morgan fingerprint density at radius 2 is 0.893 bits per heavy atom. The molecule has 0 aromatic carbocycles. The molecule has 10 unspecified atom stereocenters.